The van der Waals surface area contributed by atoms with E-state index in [0.29, 0.717) is 18.2 Å². The smallest absolute Gasteiger partial charge is 0.169 e. The molecule has 0 fully saturated rings. The molecule has 0 atom stereocenters. The average molecular weight is 234 g/mol. The van der Waals surface area contributed by atoms with Crippen LogP contribution in [0.4, 0.5) is 5.82 Å². The summed E-state index contributed by atoms with van der Waals surface area (Å²) in [7, 11) is 3.26. The van der Waals surface area contributed by atoms with Crippen molar-refractivity contribution in [3.8, 4) is 17.1 Å². The summed E-state index contributed by atoms with van der Waals surface area (Å²) in [6, 6.07) is 7.39. The molecule has 2 rings (SSSR count). The second-order valence-corrected chi connectivity index (χ2v) is 3.62. The number of rotatable bonds is 4. The highest BCUT2D eigenvalue weighted by molar-refractivity contribution is 5.63. The van der Waals surface area contributed by atoms with Crippen LogP contribution in [0.5, 0.6) is 5.75 Å². The molecule has 1 aromatic carbocycles. The number of aromatic nitrogens is 1. The van der Waals surface area contributed by atoms with E-state index in [9.17, 15) is 0 Å². The largest absolute Gasteiger partial charge is 0.497 e. The summed E-state index contributed by atoms with van der Waals surface area (Å²) >= 11 is 0. The zero-order valence-electron chi connectivity index (χ0n) is 9.77. The van der Waals surface area contributed by atoms with E-state index >= 15 is 0 Å². The second-order valence-electron chi connectivity index (χ2n) is 3.62. The summed E-state index contributed by atoms with van der Waals surface area (Å²) < 4.78 is 15.4. The number of methoxy groups -OCH3 is 2. The Morgan fingerprint density at radius 1 is 1.24 bits per heavy atom. The predicted molar refractivity (Wildman–Crippen MR) is 63.6 cm³/mol. The van der Waals surface area contributed by atoms with Crippen LogP contribution in [-0.2, 0) is 11.3 Å². The molecule has 5 heteroatoms. The Morgan fingerprint density at radius 3 is 2.65 bits per heavy atom. The van der Waals surface area contributed by atoms with Crippen LogP contribution in [0.3, 0.4) is 0 Å². The molecule has 1 aromatic heterocycles. The molecule has 90 valence electrons. The number of ether oxygens (including phenoxy) is 2. The Bertz CT molecular complexity index is 508. The summed E-state index contributed by atoms with van der Waals surface area (Å²) in [5.74, 6) is 1.71. The first kappa shape index (κ1) is 11.5. The number of nitrogens with zero attached hydrogens (tertiary/aromatic N) is 1. The number of hydrogen-bond donors (Lipinski definition) is 1. The zero-order chi connectivity index (χ0) is 12.3. The molecule has 0 aliphatic rings. The standard InChI is InChI=1S/C12H14N2O3/c1-15-7-8-3-9(5-10(4-8)16-2)11-6-12(13)14-17-11/h3-6H,7H2,1-2H3,(H2,13,14). The first-order valence-electron chi connectivity index (χ1n) is 5.12. The van der Waals surface area contributed by atoms with Crippen molar-refractivity contribution < 1.29 is 14.0 Å². The highest BCUT2D eigenvalue weighted by atomic mass is 16.5. The molecule has 0 aliphatic heterocycles. The molecule has 0 radical (unpaired) electrons. The first-order valence-corrected chi connectivity index (χ1v) is 5.12. The van der Waals surface area contributed by atoms with Gasteiger partial charge in [-0.3, -0.25) is 0 Å². The van der Waals surface area contributed by atoms with E-state index in [1.807, 2.05) is 18.2 Å². The van der Waals surface area contributed by atoms with Gasteiger partial charge in [-0.05, 0) is 23.8 Å². The molecule has 1 heterocycles. The van der Waals surface area contributed by atoms with E-state index in [2.05, 4.69) is 5.16 Å². The van der Waals surface area contributed by atoms with Gasteiger partial charge < -0.3 is 19.7 Å². The molecule has 0 unspecified atom stereocenters. The van der Waals surface area contributed by atoms with Gasteiger partial charge in [0.25, 0.3) is 0 Å². The van der Waals surface area contributed by atoms with E-state index in [1.165, 1.54) is 0 Å². The number of nitrogens with two attached hydrogens (primary N) is 1. The Labute approximate surface area is 99.1 Å². The lowest BCUT2D eigenvalue weighted by molar-refractivity contribution is 0.184. The monoisotopic (exact) mass is 234 g/mol. The quantitative estimate of drug-likeness (QED) is 0.876. The van der Waals surface area contributed by atoms with Gasteiger partial charge in [0.2, 0.25) is 0 Å². The lowest BCUT2D eigenvalue weighted by Gasteiger charge is -2.06. The molecule has 0 aliphatic carbocycles. The fourth-order valence-corrected chi connectivity index (χ4v) is 1.60. The molecule has 0 amide bonds. The van der Waals surface area contributed by atoms with E-state index in [0.717, 1.165) is 16.9 Å². The van der Waals surface area contributed by atoms with Crippen molar-refractivity contribution in [3.05, 3.63) is 29.8 Å². The van der Waals surface area contributed by atoms with Crippen molar-refractivity contribution in [3.63, 3.8) is 0 Å². The molecule has 0 saturated heterocycles. The van der Waals surface area contributed by atoms with Crippen molar-refractivity contribution in [2.24, 2.45) is 0 Å². The second kappa shape index (κ2) is 4.88. The highest BCUT2D eigenvalue weighted by Gasteiger charge is 2.08. The van der Waals surface area contributed by atoms with Crippen molar-refractivity contribution in [1.82, 2.24) is 5.16 Å². The number of anilines is 1. The van der Waals surface area contributed by atoms with E-state index in [-0.39, 0.29) is 0 Å². The highest BCUT2D eigenvalue weighted by Crippen LogP contribution is 2.27. The van der Waals surface area contributed by atoms with Crippen LogP contribution in [0, 0.1) is 0 Å². The van der Waals surface area contributed by atoms with Crippen LogP contribution in [0.1, 0.15) is 5.56 Å². The molecular weight excluding hydrogens is 220 g/mol. The predicted octanol–water partition coefficient (Wildman–Crippen LogP) is 2.08. The van der Waals surface area contributed by atoms with Gasteiger partial charge in [0.05, 0.1) is 13.7 Å². The fraction of sp³-hybridized carbons (Fsp3) is 0.250. The van der Waals surface area contributed by atoms with E-state index in [1.54, 1.807) is 20.3 Å². The maximum Gasteiger partial charge on any atom is 0.169 e. The minimum absolute atomic E-state index is 0.358. The van der Waals surface area contributed by atoms with Gasteiger partial charge in [0.1, 0.15) is 5.75 Å². The van der Waals surface area contributed by atoms with Crippen molar-refractivity contribution >= 4 is 5.82 Å². The molecule has 17 heavy (non-hydrogen) atoms. The molecule has 2 aromatic rings. The molecule has 0 spiro atoms. The Morgan fingerprint density at radius 2 is 2.06 bits per heavy atom. The maximum absolute atomic E-state index is 5.52. The van der Waals surface area contributed by atoms with Crippen molar-refractivity contribution in [2.45, 2.75) is 6.61 Å². The third-order valence-electron chi connectivity index (χ3n) is 2.33. The normalized spacial score (nSPS) is 10.5. The first-order chi connectivity index (χ1) is 8.22. The molecular formula is C12H14N2O3. The van der Waals surface area contributed by atoms with Gasteiger partial charge in [-0.25, -0.2) is 0 Å². The minimum atomic E-state index is 0.358. The Balaban J connectivity index is 2.42. The minimum Gasteiger partial charge on any atom is -0.497 e. The maximum atomic E-state index is 5.52. The SMILES string of the molecule is COCc1cc(OC)cc(-c2cc(N)no2)c1. The van der Waals surface area contributed by atoms with Crippen molar-refractivity contribution in [1.29, 1.82) is 0 Å². The van der Waals surface area contributed by atoms with Gasteiger partial charge in [-0.1, -0.05) is 5.16 Å². The number of benzene rings is 1. The van der Waals surface area contributed by atoms with Gasteiger partial charge in [0.15, 0.2) is 11.6 Å². The van der Waals surface area contributed by atoms with Crippen LogP contribution in [0.15, 0.2) is 28.8 Å². The molecule has 2 N–H and O–H groups in total. The van der Waals surface area contributed by atoms with Gasteiger partial charge in [0, 0.05) is 18.7 Å². The number of nitrogen functional groups attached to an aromatic ring is 1. The van der Waals surface area contributed by atoms with E-state index in [4.69, 9.17) is 19.7 Å². The van der Waals surface area contributed by atoms with Crippen LogP contribution in [0.2, 0.25) is 0 Å². The van der Waals surface area contributed by atoms with Gasteiger partial charge in [-0.15, -0.1) is 0 Å². The molecule has 0 saturated carbocycles. The lowest BCUT2D eigenvalue weighted by atomic mass is 10.1. The average Bonchev–Trinajstić information content (AvgIpc) is 2.76. The van der Waals surface area contributed by atoms with E-state index < -0.39 is 0 Å². The van der Waals surface area contributed by atoms with Crippen LogP contribution >= 0.6 is 0 Å². The van der Waals surface area contributed by atoms with Crippen LogP contribution in [-0.4, -0.2) is 19.4 Å². The summed E-state index contributed by atoms with van der Waals surface area (Å²) in [6.07, 6.45) is 0. The third kappa shape index (κ3) is 2.57. The number of hydrogen-bond acceptors (Lipinski definition) is 5. The summed E-state index contributed by atoms with van der Waals surface area (Å²) in [5.41, 5.74) is 7.38. The third-order valence-corrected chi connectivity index (χ3v) is 2.33. The summed E-state index contributed by atoms with van der Waals surface area (Å²) in [4.78, 5) is 0. The molecule has 0 bridgehead atoms. The van der Waals surface area contributed by atoms with Crippen LogP contribution < -0.4 is 10.5 Å². The summed E-state index contributed by atoms with van der Waals surface area (Å²) in [6.45, 7) is 0.508. The topological polar surface area (TPSA) is 70.5 Å². The van der Waals surface area contributed by atoms with Gasteiger partial charge >= 0.3 is 0 Å². The zero-order valence-corrected chi connectivity index (χ0v) is 9.77. The van der Waals surface area contributed by atoms with Gasteiger partial charge in [-0.2, -0.15) is 0 Å². The fourth-order valence-electron chi connectivity index (χ4n) is 1.60. The molecule has 5 nitrogen and oxygen atoms in total. The lowest BCUT2D eigenvalue weighted by Crippen LogP contribution is -1.91. The Hall–Kier alpha value is -2.01. The Kier molecular flexibility index (Phi) is 3.30. The van der Waals surface area contributed by atoms with Crippen molar-refractivity contribution in [2.75, 3.05) is 20.0 Å². The summed E-state index contributed by atoms with van der Waals surface area (Å²) in [5, 5.41) is 3.65. The van der Waals surface area contributed by atoms with Crippen LogP contribution in [0.25, 0.3) is 11.3 Å².